The Hall–Kier alpha value is -1.96. The molecule has 0 saturated heterocycles. The Morgan fingerprint density at radius 2 is 2.53 bits per heavy atom. The van der Waals surface area contributed by atoms with E-state index < -0.39 is 0 Å². The van der Waals surface area contributed by atoms with Crippen molar-refractivity contribution in [1.82, 2.24) is 0 Å². The number of ether oxygens (including phenoxy) is 1. The summed E-state index contributed by atoms with van der Waals surface area (Å²) in [6.45, 7) is 0.127. The highest BCUT2D eigenvalue weighted by Gasteiger charge is 2.07. The van der Waals surface area contributed by atoms with Gasteiger partial charge in [0.15, 0.2) is 0 Å². The third-order valence-corrected chi connectivity index (χ3v) is 2.40. The monoisotopic (exact) mass is 221 g/mol. The van der Waals surface area contributed by atoms with Crippen LogP contribution in [0.2, 0.25) is 0 Å². The first kappa shape index (κ1) is 11.1. The Labute approximate surface area is 90.3 Å². The molecule has 1 aromatic rings. The van der Waals surface area contributed by atoms with E-state index in [4.69, 9.17) is 5.53 Å². The van der Waals surface area contributed by atoms with Gasteiger partial charge in [0, 0.05) is 4.91 Å². The highest BCUT2D eigenvalue weighted by molar-refractivity contribution is 7.14. The highest BCUT2D eigenvalue weighted by Crippen LogP contribution is 2.15. The average Bonchev–Trinajstić information content (AvgIpc) is 2.72. The van der Waals surface area contributed by atoms with Crippen LogP contribution < -0.4 is 0 Å². The molecule has 0 bridgehead atoms. The maximum absolute atomic E-state index is 11.1. The molecular weight excluding hydrogens is 214 g/mol. The number of esters is 1. The third-order valence-electron chi connectivity index (χ3n) is 1.42. The molecule has 1 aromatic heterocycles. The van der Waals surface area contributed by atoms with E-state index in [1.54, 1.807) is 12.1 Å². The lowest BCUT2D eigenvalue weighted by Gasteiger charge is -1.90. The van der Waals surface area contributed by atoms with Crippen molar-refractivity contribution in [1.29, 1.82) is 0 Å². The smallest absolute Gasteiger partial charge is 0.348 e. The van der Waals surface area contributed by atoms with Crippen molar-refractivity contribution in [2.75, 3.05) is 13.7 Å². The summed E-state index contributed by atoms with van der Waals surface area (Å²) in [6, 6.07) is 3.37. The molecule has 0 aliphatic carbocycles. The first-order chi connectivity index (χ1) is 7.27. The Bertz CT molecular complexity index is 463. The van der Waals surface area contributed by atoms with Crippen molar-refractivity contribution in [2.24, 2.45) is 5.11 Å². The van der Waals surface area contributed by atoms with E-state index in [0.29, 0.717) is 4.88 Å². The van der Waals surface area contributed by atoms with Gasteiger partial charge in [-0.15, -0.1) is 11.3 Å². The number of rotatable bonds is 2. The number of hydrogen-bond donors (Lipinski definition) is 0. The van der Waals surface area contributed by atoms with Gasteiger partial charge in [-0.2, -0.15) is 0 Å². The Morgan fingerprint density at radius 1 is 1.73 bits per heavy atom. The molecule has 76 valence electrons. The summed E-state index contributed by atoms with van der Waals surface area (Å²) in [7, 11) is 1.33. The molecule has 0 saturated carbocycles. The first-order valence-corrected chi connectivity index (χ1v) is 4.77. The van der Waals surface area contributed by atoms with Gasteiger partial charge < -0.3 is 4.74 Å². The van der Waals surface area contributed by atoms with Gasteiger partial charge in [0.2, 0.25) is 0 Å². The summed E-state index contributed by atoms with van der Waals surface area (Å²) >= 11 is 1.24. The second-order valence-corrected chi connectivity index (χ2v) is 3.43. The highest BCUT2D eigenvalue weighted by atomic mass is 32.1. The van der Waals surface area contributed by atoms with Crippen molar-refractivity contribution >= 4 is 17.3 Å². The summed E-state index contributed by atoms with van der Waals surface area (Å²) in [5.74, 6) is 5.06. The van der Waals surface area contributed by atoms with E-state index in [9.17, 15) is 4.79 Å². The van der Waals surface area contributed by atoms with Gasteiger partial charge >= 0.3 is 5.97 Å². The van der Waals surface area contributed by atoms with E-state index in [-0.39, 0.29) is 12.5 Å². The van der Waals surface area contributed by atoms with Gasteiger partial charge in [0.1, 0.15) is 4.88 Å². The van der Waals surface area contributed by atoms with Crippen LogP contribution >= 0.6 is 11.3 Å². The SMILES string of the molecule is COC(=O)c1ccc(C#CCN=[N+]=[N-])s1. The number of thiophene rings is 1. The van der Waals surface area contributed by atoms with Crippen molar-refractivity contribution < 1.29 is 9.53 Å². The van der Waals surface area contributed by atoms with Gasteiger partial charge in [-0.05, 0) is 17.7 Å². The minimum Gasteiger partial charge on any atom is -0.465 e. The van der Waals surface area contributed by atoms with E-state index in [0.717, 1.165) is 4.88 Å². The zero-order valence-electron chi connectivity index (χ0n) is 7.93. The summed E-state index contributed by atoms with van der Waals surface area (Å²) in [4.78, 5) is 14.9. The lowest BCUT2D eigenvalue weighted by Crippen LogP contribution is -1.96. The fourth-order valence-corrected chi connectivity index (χ4v) is 1.61. The number of hydrogen-bond acceptors (Lipinski definition) is 4. The molecule has 0 unspecified atom stereocenters. The molecule has 1 rings (SSSR count). The minimum atomic E-state index is -0.372. The van der Waals surface area contributed by atoms with Gasteiger partial charge in [0.05, 0.1) is 18.5 Å². The van der Waals surface area contributed by atoms with Gasteiger partial charge in [0.25, 0.3) is 0 Å². The predicted molar refractivity (Wildman–Crippen MR) is 56.5 cm³/mol. The van der Waals surface area contributed by atoms with Crippen molar-refractivity contribution in [3.05, 3.63) is 32.3 Å². The number of carbonyl (C=O) groups is 1. The van der Waals surface area contributed by atoms with Crippen LogP contribution in [-0.4, -0.2) is 19.6 Å². The number of azide groups is 1. The first-order valence-electron chi connectivity index (χ1n) is 3.96. The van der Waals surface area contributed by atoms with E-state index in [2.05, 4.69) is 26.6 Å². The second kappa shape index (κ2) is 5.70. The van der Waals surface area contributed by atoms with E-state index in [1.807, 2.05) is 0 Å². The summed E-state index contributed by atoms with van der Waals surface area (Å²) in [5.41, 5.74) is 8.00. The van der Waals surface area contributed by atoms with Crippen LogP contribution in [0.25, 0.3) is 10.4 Å². The third kappa shape index (κ3) is 3.35. The average molecular weight is 221 g/mol. The largest absolute Gasteiger partial charge is 0.465 e. The number of carbonyl (C=O) groups excluding carboxylic acids is 1. The fourth-order valence-electron chi connectivity index (χ4n) is 0.809. The Balaban J connectivity index is 2.70. The lowest BCUT2D eigenvalue weighted by atomic mass is 10.4. The zero-order valence-corrected chi connectivity index (χ0v) is 8.74. The Morgan fingerprint density at radius 3 is 3.20 bits per heavy atom. The summed E-state index contributed by atoms with van der Waals surface area (Å²) in [5, 5.41) is 3.26. The molecule has 0 aliphatic rings. The fraction of sp³-hybridized carbons (Fsp3) is 0.222. The zero-order chi connectivity index (χ0) is 11.1. The van der Waals surface area contributed by atoms with Crippen LogP contribution in [0.4, 0.5) is 0 Å². The van der Waals surface area contributed by atoms with Gasteiger partial charge in [-0.3, -0.25) is 0 Å². The van der Waals surface area contributed by atoms with Crippen molar-refractivity contribution in [2.45, 2.75) is 0 Å². The molecule has 5 nitrogen and oxygen atoms in total. The summed E-state index contributed by atoms with van der Waals surface area (Å²) < 4.78 is 4.55. The van der Waals surface area contributed by atoms with Crippen LogP contribution in [-0.2, 0) is 4.74 Å². The molecular formula is C9H7N3O2S. The van der Waals surface area contributed by atoms with Crippen LogP contribution in [0.5, 0.6) is 0 Å². The molecule has 0 atom stereocenters. The molecule has 15 heavy (non-hydrogen) atoms. The number of methoxy groups -OCH3 is 1. The van der Waals surface area contributed by atoms with Crippen molar-refractivity contribution in [3.63, 3.8) is 0 Å². The molecule has 0 fully saturated rings. The predicted octanol–water partition coefficient (Wildman–Crippen LogP) is 2.20. The molecule has 0 amide bonds. The topological polar surface area (TPSA) is 75.1 Å². The number of nitrogens with zero attached hydrogens (tertiary/aromatic N) is 3. The van der Waals surface area contributed by atoms with Gasteiger partial charge in [-0.1, -0.05) is 17.0 Å². The molecule has 0 N–H and O–H groups in total. The van der Waals surface area contributed by atoms with Crippen LogP contribution in [0.3, 0.4) is 0 Å². The normalized spacial score (nSPS) is 8.33. The van der Waals surface area contributed by atoms with Gasteiger partial charge in [-0.25, -0.2) is 4.79 Å². The quantitative estimate of drug-likeness (QED) is 0.252. The van der Waals surface area contributed by atoms with Crippen LogP contribution in [0.15, 0.2) is 17.2 Å². The minimum absolute atomic E-state index is 0.127. The van der Waals surface area contributed by atoms with Crippen LogP contribution in [0, 0.1) is 11.8 Å². The molecule has 0 aromatic carbocycles. The van der Waals surface area contributed by atoms with Crippen LogP contribution in [0.1, 0.15) is 14.5 Å². The second-order valence-electron chi connectivity index (χ2n) is 2.35. The van der Waals surface area contributed by atoms with Crippen molar-refractivity contribution in [3.8, 4) is 11.8 Å². The summed E-state index contributed by atoms with van der Waals surface area (Å²) in [6.07, 6.45) is 0. The standard InChI is InChI=1S/C9H7N3O2S/c1-14-9(13)8-5-4-7(15-8)3-2-6-11-12-10/h4-5H,6H2,1H3. The molecule has 0 spiro atoms. The maximum atomic E-state index is 11.1. The van der Waals surface area contributed by atoms with E-state index >= 15 is 0 Å². The molecule has 6 heteroatoms. The van der Waals surface area contributed by atoms with E-state index in [1.165, 1.54) is 18.4 Å². The lowest BCUT2D eigenvalue weighted by molar-refractivity contribution is 0.0606. The maximum Gasteiger partial charge on any atom is 0.348 e. The molecule has 0 radical (unpaired) electrons. The molecule has 0 aliphatic heterocycles. The molecule has 1 heterocycles. The Kier molecular flexibility index (Phi) is 4.23.